The minimum Gasteiger partial charge on any atom is -0.496 e. The van der Waals surface area contributed by atoms with Crippen LogP contribution in [0.1, 0.15) is 21.8 Å². The molecular formula is C34H38N6O2S. The van der Waals surface area contributed by atoms with Crippen LogP contribution in [0.5, 0.6) is 5.75 Å². The van der Waals surface area contributed by atoms with Gasteiger partial charge in [0, 0.05) is 59.8 Å². The molecule has 1 amide bonds. The van der Waals surface area contributed by atoms with Crippen LogP contribution in [0.3, 0.4) is 0 Å². The number of amides is 1. The Morgan fingerprint density at radius 1 is 0.907 bits per heavy atom. The van der Waals surface area contributed by atoms with E-state index in [-0.39, 0.29) is 12.3 Å². The molecule has 2 aromatic heterocycles. The van der Waals surface area contributed by atoms with Gasteiger partial charge in [0.2, 0.25) is 5.91 Å². The molecule has 9 heteroatoms. The van der Waals surface area contributed by atoms with Gasteiger partial charge in [-0.3, -0.25) is 4.79 Å². The van der Waals surface area contributed by atoms with Crippen molar-refractivity contribution < 1.29 is 9.53 Å². The lowest BCUT2D eigenvalue weighted by Crippen LogP contribution is -2.23. The number of aryl methyl sites for hydroxylation is 1. The first-order chi connectivity index (χ1) is 20.8. The van der Waals surface area contributed by atoms with Crippen LogP contribution >= 0.6 is 11.3 Å². The van der Waals surface area contributed by atoms with Gasteiger partial charge in [-0.15, -0.1) is 11.3 Å². The van der Waals surface area contributed by atoms with Gasteiger partial charge in [-0.05, 0) is 73.6 Å². The van der Waals surface area contributed by atoms with E-state index in [9.17, 15) is 4.79 Å². The molecule has 0 atom stereocenters. The third kappa shape index (κ3) is 6.79. The summed E-state index contributed by atoms with van der Waals surface area (Å²) in [6, 6.07) is 25.0. The zero-order valence-electron chi connectivity index (χ0n) is 25.6. The highest BCUT2D eigenvalue weighted by atomic mass is 32.1. The molecule has 0 aliphatic heterocycles. The molecule has 0 aliphatic rings. The van der Waals surface area contributed by atoms with Crippen molar-refractivity contribution in [2.45, 2.75) is 26.4 Å². The largest absolute Gasteiger partial charge is 0.496 e. The maximum Gasteiger partial charge on any atom is 0.226 e. The summed E-state index contributed by atoms with van der Waals surface area (Å²) >= 11 is 1.79. The highest BCUT2D eigenvalue weighted by Gasteiger charge is 2.15. The Labute approximate surface area is 257 Å². The predicted octanol–water partition coefficient (Wildman–Crippen LogP) is 6.41. The molecule has 0 radical (unpaired) electrons. The van der Waals surface area contributed by atoms with Crippen molar-refractivity contribution in [1.29, 1.82) is 0 Å². The fourth-order valence-electron chi connectivity index (χ4n) is 5.05. The molecule has 0 spiro atoms. The second-order valence-electron chi connectivity index (χ2n) is 10.6. The Morgan fingerprint density at radius 3 is 2.44 bits per heavy atom. The summed E-state index contributed by atoms with van der Waals surface area (Å²) in [6.07, 6.45) is 0.266. The number of methoxy groups -OCH3 is 1. The average molecular weight is 595 g/mol. The van der Waals surface area contributed by atoms with Crippen LogP contribution in [0.15, 0.2) is 72.8 Å². The molecule has 5 rings (SSSR count). The van der Waals surface area contributed by atoms with E-state index in [1.807, 2.05) is 45.3 Å². The quantitative estimate of drug-likeness (QED) is 0.183. The second-order valence-corrected chi connectivity index (χ2v) is 11.8. The predicted molar refractivity (Wildman–Crippen MR) is 178 cm³/mol. The Bertz CT molecular complexity index is 1750. The second kappa shape index (κ2) is 13.2. The lowest BCUT2D eigenvalue weighted by molar-refractivity contribution is -0.127. The molecule has 8 nitrogen and oxygen atoms in total. The highest BCUT2D eigenvalue weighted by Crippen LogP contribution is 2.34. The molecule has 0 saturated heterocycles. The molecule has 0 aliphatic carbocycles. The van der Waals surface area contributed by atoms with Gasteiger partial charge < -0.3 is 25.2 Å². The van der Waals surface area contributed by atoms with Gasteiger partial charge in [0.25, 0.3) is 0 Å². The number of nitrogens with zero attached hydrogens (tertiary/aromatic N) is 4. The first-order valence-electron chi connectivity index (χ1n) is 14.2. The molecular weight excluding hydrogens is 556 g/mol. The highest BCUT2D eigenvalue weighted by molar-refractivity contribution is 7.15. The molecule has 5 aromatic rings. The van der Waals surface area contributed by atoms with Crippen molar-refractivity contribution in [3.05, 3.63) is 94.6 Å². The maximum absolute atomic E-state index is 12.5. The monoisotopic (exact) mass is 594 g/mol. The number of ether oxygens (including phenoxy) is 1. The molecule has 2 N–H and O–H groups in total. The molecule has 3 aromatic carbocycles. The number of hydrogen-bond donors (Lipinski definition) is 2. The summed E-state index contributed by atoms with van der Waals surface area (Å²) in [4.78, 5) is 28.1. The van der Waals surface area contributed by atoms with E-state index < -0.39 is 0 Å². The number of nitrogens with one attached hydrogen (secondary N) is 2. The van der Waals surface area contributed by atoms with Gasteiger partial charge in [0.05, 0.1) is 25.6 Å². The molecule has 222 valence electrons. The summed E-state index contributed by atoms with van der Waals surface area (Å²) < 4.78 is 5.54. The minimum absolute atomic E-state index is 0.0204. The molecule has 0 fully saturated rings. The maximum atomic E-state index is 12.5. The van der Waals surface area contributed by atoms with Crippen LogP contribution in [-0.2, 0) is 24.3 Å². The summed E-state index contributed by atoms with van der Waals surface area (Å²) in [5.41, 5.74) is 6.21. The van der Waals surface area contributed by atoms with Crippen LogP contribution < -0.4 is 20.3 Å². The van der Waals surface area contributed by atoms with Gasteiger partial charge in [0.15, 0.2) is 0 Å². The van der Waals surface area contributed by atoms with Gasteiger partial charge in [-0.25, -0.2) is 9.97 Å². The first kappa shape index (κ1) is 30.0. The van der Waals surface area contributed by atoms with Crippen molar-refractivity contribution in [2.24, 2.45) is 0 Å². The Balaban J connectivity index is 1.40. The van der Waals surface area contributed by atoms with Crippen LogP contribution in [0.2, 0.25) is 0 Å². The van der Waals surface area contributed by atoms with Crippen molar-refractivity contribution in [3.63, 3.8) is 0 Å². The Kier molecular flexibility index (Phi) is 9.23. The van der Waals surface area contributed by atoms with Crippen LogP contribution in [-0.4, -0.2) is 56.1 Å². The lowest BCUT2D eigenvalue weighted by Gasteiger charge is -2.22. The minimum atomic E-state index is 0.0204. The van der Waals surface area contributed by atoms with Crippen LogP contribution in [0.25, 0.3) is 21.3 Å². The van der Waals surface area contributed by atoms with E-state index >= 15 is 0 Å². The van der Waals surface area contributed by atoms with Crippen molar-refractivity contribution in [3.8, 4) is 16.2 Å². The van der Waals surface area contributed by atoms with Crippen molar-refractivity contribution >= 4 is 45.3 Å². The molecule has 2 heterocycles. The SMILES string of the molecule is CNCc1ccccc1-c1ccc(CNc2nc(C)nc3ccc(N(C)c4ccc(OC)c(CC(=O)N(C)C)c4)cc23)s1. The zero-order chi connectivity index (χ0) is 30.5. The zero-order valence-corrected chi connectivity index (χ0v) is 26.4. The number of aromatic nitrogens is 2. The van der Waals surface area contributed by atoms with Gasteiger partial charge in [-0.2, -0.15) is 0 Å². The van der Waals surface area contributed by atoms with E-state index in [2.05, 4.69) is 69.0 Å². The lowest BCUT2D eigenvalue weighted by atomic mass is 10.1. The van der Waals surface area contributed by atoms with Crippen LogP contribution in [0.4, 0.5) is 17.2 Å². The standard InChI is InChI=1S/C34H38N6O2S/c1-22-37-30-14-11-26(40(5)25-12-15-31(42-6)24(17-25)18-33(41)39(3)4)19-29(30)34(38-22)36-21-27-13-16-32(43-27)28-10-8-7-9-23(28)20-35-2/h7-17,19,35H,18,20-21H2,1-6H3,(H,36,37,38). The van der Waals surface area contributed by atoms with Gasteiger partial charge >= 0.3 is 0 Å². The van der Waals surface area contributed by atoms with E-state index in [1.165, 1.54) is 20.9 Å². The van der Waals surface area contributed by atoms with E-state index in [4.69, 9.17) is 9.72 Å². The topological polar surface area (TPSA) is 82.6 Å². The number of thiophene rings is 1. The summed E-state index contributed by atoms with van der Waals surface area (Å²) in [6.45, 7) is 3.41. The number of likely N-dealkylation sites (N-methyl/N-ethyl adjacent to an activating group) is 1. The Hall–Kier alpha value is -4.47. The number of anilines is 3. The smallest absolute Gasteiger partial charge is 0.226 e. The fourth-order valence-corrected chi connectivity index (χ4v) is 6.06. The molecule has 43 heavy (non-hydrogen) atoms. The number of fused-ring (bicyclic) bond motifs is 1. The number of benzene rings is 3. The average Bonchev–Trinajstić information content (AvgIpc) is 3.48. The van der Waals surface area contributed by atoms with Crippen LogP contribution in [0, 0.1) is 6.92 Å². The number of carbonyl (C=O) groups is 1. The number of rotatable bonds is 11. The third-order valence-electron chi connectivity index (χ3n) is 7.41. The normalized spacial score (nSPS) is 11.0. The summed E-state index contributed by atoms with van der Waals surface area (Å²) in [5, 5.41) is 7.79. The van der Waals surface area contributed by atoms with Crippen molar-refractivity contribution in [2.75, 3.05) is 45.5 Å². The third-order valence-corrected chi connectivity index (χ3v) is 8.53. The number of hydrogen-bond acceptors (Lipinski definition) is 8. The Morgan fingerprint density at radius 2 is 1.67 bits per heavy atom. The molecule has 0 saturated carbocycles. The molecule has 0 bridgehead atoms. The fraction of sp³-hybridized carbons (Fsp3) is 0.265. The van der Waals surface area contributed by atoms with Gasteiger partial charge in [0.1, 0.15) is 17.4 Å². The first-order valence-corrected chi connectivity index (χ1v) is 15.0. The van der Waals surface area contributed by atoms with E-state index in [0.717, 1.165) is 40.2 Å². The summed E-state index contributed by atoms with van der Waals surface area (Å²) in [7, 11) is 9.14. The summed E-state index contributed by atoms with van der Waals surface area (Å²) in [5.74, 6) is 2.24. The molecule has 0 unspecified atom stereocenters. The van der Waals surface area contributed by atoms with E-state index in [1.54, 1.807) is 37.4 Å². The van der Waals surface area contributed by atoms with E-state index in [0.29, 0.717) is 18.1 Å². The van der Waals surface area contributed by atoms with Crippen molar-refractivity contribution in [1.82, 2.24) is 20.2 Å². The van der Waals surface area contributed by atoms with Gasteiger partial charge in [-0.1, -0.05) is 24.3 Å². The number of carbonyl (C=O) groups excluding carboxylic acids is 1.